The molecular weight excluding hydrogens is 388 g/mol. The van der Waals surface area contributed by atoms with Crippen LogP contribution in [0, 0.1) is 5.92 Å². The van der Waals surface area contributed by atoms with E-state index < -0.39 is 17.6 Å². The number of phenolic OH excluding ortho intramolecular Hbond substituents is 1. The summed E-state index contributed by atoms with van der Waals surface area (Å²) >= 11 is 0. The molecule has 0 saturated carbocycles. The van der Waals surface area contributed by atoms with Crippen LogP contribution in [0.3, 0.4) is 0 Å². The molecule has 1 atom stereocenters. The molecule has 0 aromatic heterocycles. The molecule has 1 unspecified atom stereocenters. The summed E-state index contributed by atoms with van der Waals surface area (Å²) in [5, 5.41) is 12.2. The smallest absolute Gasteiger partial charge is 0.410 e. The van der Waals surface area contributed by atoms with Crippen molar-refractivity contribution in [1.82, 2.24) is 10.2 Å². The number of rotatable bonds is 6. The van der Waals surface area contributed by atoms with Gasteiger partial charge in [0, 0.05) is 25.9 Å². The quantitative estimate of drug-likeness (QED) is 0.686. The predicted octanol–water partition coefficient (Wildman–Crippen LogP) is 2.63. The number of nitrogens with zero attached hydrogens (tertiary/aromatic N) is 1. The fourth-order valence-electron chi connectivity index (χ4n) is 3.36. The first kappa shape index (κ1) is 23.5. The van der Waals surface area contributed by atoms with E-state index in [9.17, 15) is 19.5 Å². The van der Waals surface area contributed by atoms with Crippen LogP contribution in [0.1, 0.15) is 45.6 Å². The molecule has 2 amide bonds. The highest BCUT2D eigenvalue weighted by Gasteiger charge is 2.29. The van der Waals surface area contributed by atoms with Gasteiger partial charge in [-0.2, -0.15) is 0 Å². The van der Waals surface area contributed by atoms with E-state index in [4.69, 9.17) is 9.47 Å². The summed E-state index contributed by atoms with van der Waals surface area (Å²) in [6, 6.07) is 5.66. The molecule has 30 heavy (non-hydrogen) atoms. The molecule has 166 valence electrons. The van der Waals surface area contributed by atoms with Crippen molar-refractivity contribution >= 4 is 18.0 Å². The standard InChI is InChI=1S/C22H32N2O6/c1-22(2,3)30-21(28)24-11-9-16(10-12-24)14-19(26)23-18(20(27)29-4)13-15-5-7-17(25)8-6-15/h5-8,16,18,25H,9-14H2,1-4H3,(H,23,26). The number of amides is 2. The summed E-state index contributed by atoms with van der Waals surface area (Å²) in [5.41, 5.74) is 0.267. The Bertz CT molecular complexity index is 733. The van der Waals surface area contributed by atoms with Gasteiger partial charge in [0.05, 0.1) is 7.11 Å². The highest BCUT2D eigenvalue weighted by atomic mass is 16.6. The van der Waals surface area contributed by atoms with Gasteiger partial charge in [-0.25, -0.2) is 9.59 Å². The van der Waals surface area contributed by atoms with Gasteiger partial charge < -0.3 is 24.8 Å². The van der Waals surface area contributed by atoms with Gasteiger partial charge >= 0.3 is 12.1 Å². The number of ether oxygens (including phenoxy) is 2. The van der Waals surface area contributed by atoms with Gasteiger partial charge in [0.15, 0.2) is 0 Å². The Kier molecular flexibility index (Phi) is 8.08. The zero-order valence-corrected chi connectivity index (χ0v) is 18.1. The number of hydrogen-bond donors (Lipinski definition) is 2. The summed E-state index contributed by atoms with van der Waals surface area (Å²) < 4.78 is 10.2. The molecule has 1 heterocycles. The first-order valence-electron chi connectivity index (χ1n) is 10.2. The maximum atomic E-state index is 12.5. The third kappa shape index (κ3) is 7.57. The minimum atomic E-state index is -0.797. The van der Waals surface area contributed by atoms with Gasteiger partial charge in [0.1, 0.15) is 17.4 Å². The summed E-state index contributed by atoms with van der Waals surface area (Å²) in [4.78, 5) is 38.4. The second kappa shape index (κ2) is 10.3. The Balaban J connectivity index is 1.85. The van der Waals surface area contributed by atoms with Crippen molar-refractivity contribution in [3.8, 4) is 5.75 Å². The number of nitrogens with one attached hydrogen (secondary N) is 1. The van der Waals surface area contributed by atoms with Crippen LogP contribution in [0.15, 0.2) is 24.3 Å². The van der Waals surface area contributed by atoms with Crippen LogP contribution in [0.25, 0.3) is 0 Å². The molecule has 2 N–H and O–H groups in total. The van der Waals surface area contributed by atoms with Crippen LogP contribution < -0.4 is 5.32 Å². The van der Waals surface area contributed by atoms with Crippen LogP contribution in [0.5, 0.6) is 5.75 Å². The molecule has 1 saturated heterocycles. The molecule has 2 rings (SSSR count). The number of piperidine rings is 1. The van der Waals surface area contributed by atoms with Crippen molar-refractivity contribution in [2.45, 2.75) is 58.1 Å². The average Bonchev–Trinajstić information content (AvgIpc) is 2.67. The lowest BCUT2D eigenvalue weighted by molar-refractivity contribution is -0.145. The Labute approximate surface area is 177 Å². The monoisotopic (exact) mass is 420 g/mol. The van der Waals surface area contributed by atoms with Crippen LogP contribution in [-0.2, 0) is 25.5 Å². The molecule has 0 spiro atoms. The molecule has 0 radical (unpaired) electrons. The number of esters is 1. The Morgan fingerprint density at radius 3 is 2.30 bits per heavy atom. The number of carbonyl (C=O) groups is 3. The average molecular weight is 421 g/mol. The van der Waals surface area contributed by atoms with E-state index >= 15 is 0 Å². The van der Waals surface area contributed by atoms with Crippen LogP contribution >= 0.6 is 0 Å². The molecule has 1 aliphatic heterocycles. The van der Waals surface area contributed by atoms with Gasteiger partial charge in [0.25, 0.3) is 0 Å². The van der Waals surface area contributed by atoms with Gasteiger partial charge in [-0.1, -0.05) is 12.1 Å². The second-order valence-corrected chi connectivity index (χ2v) is 8.63. The minimum absolute atomic E-state index is 0.134. The lowest BCUT2D eigenvalue weighted by atomic mass is 9.93. The first-order valence-corrected chi connectivity index (χ1v) is 10.2. The summed E-state index contributed by atoms with van der Waals surface area (Å²) in [6.45, 7) is 6.58. The second-order valence-electron chi connectivity index (χ2n) is 8.63. The maximum absolute atomic E-state index is 12.5. The number of carbonyl (C=O) groups excluding carboxylic acids is 3. The largest absolute Gasteiger partial charge is 0.508 e. The minimum Gasteiger partial charge on any atom is -0.508 e. The normalized spacial score (nSPS) is 15.9. The van der Waals surface area contributed by atoms with Crippen LogP contribution in [0.4, 0.5) is 4.79 Å². The van der Waals surface area contributed by atoms with Crippen molar-refractivity contribution in [2.75, 3.05) is 20.2 Å². The van der Waals surface area contributed by atoms with Crippen LogP contribution in [-0.4, -0.2) is 59.8 Å². The van der Waals surface area contributed by atoms with Crippen molar-refractivity contribution in [3.05, 3.63) is 29.8 Å². The van der Waals surface area contributed by atoms with Crippen molar-refractivity contribution in [2.24, 2.45) is 5.92 Å². The Hall–Kier alpha value is -2.77. The van der Waals surface area contributed by atoms with Crippen LogP contribution in [0.2, 0.25) is 0 Å². The van der Waals surface area contributed by atoms with Crippen molar-refractivity contribution in [3.63, 3.8) is 0 Å². The van der Waals surface area contributed by atoms with Gasteiger partial charge in [-0.3, -0.25) is 4.79 Å². The van der Waals surface area contributed by atoms with E-state index in [0.29, 0.717) is 25.9 Å². The SMILES string of the molecule is COC(=O)C(Cc1ccc(O)cc1)NC(=O)CC1CCN(C(=O)OC(C)(C)C)CC1. The topological polar surface area (TPSA) is 105 Å². The summed E-state index contributed by atoms with van der Waals surface area (Å²) in [6.07, 6.45) is 1.63. The third-order valence-electron chi connectivity index (χ3n) is 4.94. The zero-order valence-electron chi connectivity index (χ0n) is 18.1. The fourth-order valence-corrected chi connectivity index (χ4v) is 3.36. The van der Waals surface area contributed by atoms with E-state index in [2.05, 4.69) is 5.32 Å². The number of likely N-dealkylation sites (tertiary alicyclic amines) is 1. The molecule has 0 bridgehead atoms. The van der Waals surface area contributed by atoms with E-state index in [1.54, 1.807) is 17.0 Å². The highest BCUT2D eigenvalue weighted by Crippen LogP contribution is 2.22. The third-order valence-corrected chi connectivity index (χ3v) is 4.94. The van der Waals surface area contributed by atoms with E-state index in [1.165, 1.54) is 19.2 Å². The Morgan fingerprint density at radius 2 is 1.77 bits per heavy atom. The molecule has 8 heteroatoms. The number of phenols is 1. The molecule has 1 aromatic carbocycles. The first-order chi connectivity index (χ1) is 14.1. The van der Waals surface area contributed by atoms with Crippen molar-refractivity contribution in [1.29, 1.82) is 0 Å². The maximum Gasteiger partial charge on any atom is 0.410 e. The summed E-state index contributed by atoms with van der Waals surface area (Å²) in [7, 11) is 1.28. The van der Waals surface area contributed by atoms with Gasteiger partial charge in [-0.05, 0) is 57.2 Å². The molecule has 1 fully saturated rings. The number of methoxy groups -OCH3 is 1. The zero-order chi connectivity index (χ0) is 22.3. The van der Waals surface area contributed by atoms with Gasteiger partial charge in [0.2, 0.25) is 5.91 Å². The lowest BCUT2D eigenvalue weighted by Gasteiger charge is -2.33. The van der Waals surface area contributed by atoms with Crippen molar-refractivity contribution < 1.29 is 29.0 Å². The summed E-state index contributed by atoms with van der Waals surface area (Å²) in [5.74, 6) is -0.471. The van der Waals surface area contributed by atoms with E-state index in [1.807, 2.05) is 20.8 Å². The predicted molar refractivity (Wildman–Crippen MR) is 111 cm³/mol. The molecule has 8 nitrogen and oxygen atoms in total. The van der Waals surface area contributed by atoms with Gasteiger partial charge in [-0.15, -0.1) is 0 Å². The highest BCUT2D eigenvalue weighted by molar-refractivity contribution is 5.84. The number of aromatic hydroxyl groups is 1. The fraction of sp³-hybridized carbons (Fsp3) is 0.591. The molecular formula is C22H32N2O6. The Morgan fingerprint density at radius 1 is 1.17 bits per heavy atom. The number of benzene rings is 1. The number of hydrogen-bond acceptors (Lipinski definition) is 6. The molecule has 0 aliphatic carbocycles. The van der Waals surface area contributed by atoms with E-state index in [0.717, 1.165) is 5.56 Å². The molecule has 1 aliphatic rings. The van der Waals surface area contributed by atoms with E-state index in [-0.39, 0.29) is 36.5 Å². The lowest BCUT2D eigenvalue weighted by Crippen LogP contribution is -2.45. The molecule has 1 aromatic rings.